The number of nitrogens with zero attached hydrogens (tertiary/aromatic N) is 4. The highest BCUT2D eigenvalue weighted by Crippen LogP contribution is 2.20. The van der Waals surface area contributed by atoms with Gasteiger partial charge >= 0.3 is 0 Å². The van der Waals surface area contributed by atoms with Crippen molar-refractivity contribution in [1.82, 2.24) is 19.6 Å². The van der Waals surface area contributed by atoms with Gasteiger partial charge in [-0.1, -0.05) is 0 Å². The van der Waals surface area contributed by atoms with Crippen LogP contribution in [0.4, 0.5) is 0 Å². The summed E-state index contributed by atoms with van der Waals surface area (Å²) in [7, 11) is 1.79. The van der Waals surface area contributed by atoms with Gasteiger partial charge in [0.2, 0.25) is 0 Å². The van der Waals surface area contributed by atoms with E-state index in [1.165, 1.54) is 4.68 Å². The Morgan fingerprint density at radius 3 is 2.73 bits per heavy atom. The summed E-state index contributed by atoms with van der Waals surface area (Å²) in [6.45, 7) is 1.89. The van der Waals surface area contributed by atoms with Crippen molar-refractivity contribution in [1.29, 1.82) is 0 Å². The molecule has 0 radical (unpaired) electrons. The first-order valence-electron chi connectivity index (χ1n) is 4.34. The van der Waals surface area contributed by atoms with Crippen LogP contribution in [-0.4, -0.2) is 25.5 Å². The highest BCUT2D eigenvalue weighted by Gasteiger charge is 2.19. The lowest BCUT2D eigenvalue weighted by Gasteiger charge is -1.95. The van der Waals surface area contributed by atoms with Crippen LogP contribution >= 0.6 is 15.9 Å². The van der Waals surface area contributed by atoms with Crippen molar-refractivity contribution in [3.8, 4) is 0 Å². The normalized spacial score (nSPS) is 10.6. The van der Waals surface area contributed by atoms with Crippen molar-refractivity contribution in [2.45, 2.75) is 6.92 Å². The van der Waals surface area contributed by atoms with E-state index in [4.69, 9.17) is 0 Å². The summed E-state index contributed by atoms with van der Waals surface area (Å²) in [6, 6.07) is 1.70. The monoisotopic (exact) mass is 268 g/mol. The minimum Gasteiger partial charge on any atom is -0.271 e. The van der Waals surface area contributed by atoms with Gasteiger partial charge in [-0.2, -0.15) is 10.2 Å². The molecular formula is C9H9BrN4O. The van der Waals surface area contributed by atoms with Crippen LogP contribution < -0.4 is 0 Å². The summed E-state index contributed by atoms with van der Waals surface area (Å²) in [5.74, 6) is -0.240. The molecule has 0 saturated heterocycles. The second kappa shape index (κ2) is 3.62. The van der Waals surface area contributed by atoms with Crippen LogP contribution in [0.1, 0.15) is 16.2 Å². The van der Waals surface area contributed by atoms with Crippen molar-refractivity contribution in [2.75, 3.05) is 0 Å². The molecule has 0 saturated carbocycles. The Labute approximate surface area is 94.8 Å². The smallest absolute Gasteiger partial charge is 0.271 e. The SMILES string of the molecule is Cc1c(Br)c(C(=O)n2cccn2)nn1C. The van der Waals surface area contributed by atoms with E-state index in [0.717, 1.165) is 5.69 Å². The Bertz CT molecular complexity index is 500. The van der Waals surface area contributed by atoms with E-state index in [1.807, 2.05) is 6.92 Å². The number of aromatic nitrogens is 4. The van der Waals surface area contributed by atoms with Gasteiger partial charge in [0.1, 0.15) is 0 Å². The van der Waals surface area contributed by atoms with Gasteiger partial charge in [-0.25, -0.2) is 4.68 Å². The van der Waals surface area contributed by atoms with Crippen LogP contribution in [0.25, 0.3) is 0 Å². The molecular weight excluding hydrogens is 260 g/mol. The molecule has 0 atom stereocenters. The molecule has 0 aliphatic heterocycles. The van der Waals surface area contributed by atoms with Crippen molar-refractivity contribution in [2.24, 2.45) is 7.05 Å². The Hall–Kier alpha value is -1.43. The van der Waals surface area contributed by atoms with Gasteiger partial charge in [-0.3, -0.25) is 9.48 Å². The van der Waals surface area contributed by atoms with Gasteiger partial charge < -0.3 is 0 Å². The first-order chi connectivity index (χ1) is 7.11. The van der Waals surface area contributed by atoms with Crippen LogP contribution in [0.3, 0.4) is 0 Å². The number of carbonyl (C=O) groups is 1. The fourth-order valence-corrected chi connectivity index (χ4v) is 1.72. The molecule has 0 N–H and O–H groups in total. The van der Waals surface area contributed by atoms with Crippen LogP contribution in [0.5, 0.6) is 0 Å². The van der Waals surface area contributed by atoms with Crippen LogP contribution in [-0.2, 0) is 7.05 Å². The molecule has 0 aliphatic rings. The van der Waals surface area contributed by atoms with Gasteiger partial charge in [0.25, 0.3) is 5.91 Å². The number of halogens is 1. The molecule has 0 bridgehead atoms. The molecule has 0 spiro atoms. The third-order valence-electron chi connectivity index (χ3n) is 2.18. The number of aryl methyl sites for hydroxylation is 1. The molecule has 0 unspecified atom stereocenters. The predicted octanol–water partition coefficient (Wildman–Crippen LogP) is 1.38. The van der Waals surface area contributed by atoms with Gasteiger partial charge in [0.05, 0.1) is 10.2 Å². The van der Waals surface area contributed by atoms with E-state index >= 15 is 0 Å². The topological polar surface area (TPSA) is 52.7 Å². The standard InChI is InChI=1S/C9H9BrN4O/c1-6-7(10)8(12-13(6)2)9(15)14-5-3-4-11-14/h3-5H,1-2H3. The molecule has 78 valence electrons. The lowest BCUT2D eigenvalue weighted by Crippen LogP contribution is -2.13. The molecule has 2 aromatic rings. The quantitative estimate of drug-likeness (QED) is 0.785. The van der Waals surface area contributed by atoms with Gasteiger partial charge in [0.15, 0.2) is 5.69 Å². The van der Waals surface area contributed by atoms with E-state index < -0.39 is 0 Å². The zero-order chi connectivity index (χ0) is 11.0. The molecule has 0 fully saturated rings. The third kappa shape index (κ3) is 1.61. The maximum atomic E-state index is 11.9. The zero-order valence-corrected chi connectivity index (χ0v) is 9.89. The Kier molecular flexibility index (Phi) is 2.44. The maximum Gasteiger partial charge on any atom is 0.299 e. The summed E-state index contributed by atoms with van der Waals surface area (Å²) in [5, 5.41) is 7.99. The first-order valence-corrected chi connectivity index (χ1v) is 5.14. The molecule has 0 amide bonds. The van der Waals surface area contributed by atoms with Gasteiger partial charge in [-0.15, -0.1) is 0 Å². The number of carbonyl (C=O) groups excluding carboxylic acids is 1. The van der Waals surface area contributed by atoms with E-state index in [2.05, 4.69) is 26.1 Å². The second-order valence-corrected chi connectivity index (χ2v) is 3.92. The summed E-state index contributed by atoms with van der Waals surface area (Å²) < 4.78 is 3.62. The minimum absolute atomic E-state index is 0.240. The lowest BCUT2D eigenvalue weighted by atomic mass is 10.3. The summed E-state index contributed by atoms with van der Waals surface area (Å²) in [5.41, 5.74) is 1.28. The van der Waals surface area contributed by atoms with E-state index in [1.54, 1.807) is 30.2 Å². The van der Waals surface area contributed by atoms with Crippen molar-refractivity contribution in [3.63, 3.8) is 0 Å². The third-order valence-corrected chi connectivity index (χ3v) is 3.13. The first kappa shape index (κ1) is 10.1. The summed E-state index contributed by atoms with van der Waals surface area (Å²) >= 11 is 3.34. The molecule has 2 aromatic heterocycles. The van der Waals surface area contributed by atoms with Crippen molar-refractivity contribution >= 4 is 21.8 Å². The average molecular weight is 269 g/mol. The van der Waals surface area contributed by atoms with E-state index in [-0.39, 0.29) is 5.91 Å². The number of hydrogen-bond acceptors (Lipinski definition) is 3. The Morgan fingerprint density at radius 2 is 2.27 bits per heavy atom. The van der Waals surface area contributed by atoms with E-state index in [0.29, 0.717) is 10.2 Å². The highest BCUT2D eigenvalue weighted by molar-refractivity contribution is 9.10. The molecule has 6 heteroatoms. The van der Waals surface area contributed by atoms with Gasteiger partial charge in [-0.05, 0) is 28.9 Å². The minimum atomic E-state index is -0.240. The fraction of sp³-hybridized carbons (Fsp3) is 0.222. The molecule has 15 heavy (non-hydrogen) atoms. The van der Waals surface area contributed by atoms with Gasteiger partial charge in [0, 0.05) is 19.4 Å². The van der Waals surface area contributed by atoms with Crippen LogP contribution in [0.2, 0.25) is 0 Å². The maximum absolute atomic E-state index is 11.9. The summed E-state index contributed by atoms with van der Waals surface area (Å²) in [6.07, 6.45) is 3.15. The lowest BCUT2D eigenvalue weighted by molar-refractivity contribution is 0.0938. The molecule has 2 heterocycles. The van der Waals surface area contributed by atoms with Crippen molar-refractivity contribution in [3.05, 3.63) is 34.3 Å². The number of rotatable bonds is 1. The van der Waals surface area contributed by atoms with Crippen LogP contribution in [0.15, 0.2) is 22.9 Å². The molecule has 0 aromatic carbocycles. The Balaban J connectivity index is 2.47. The average Bonchev–Trinajstić information content (AvgIpc) is 2.82. The predicted molar refractivity (Wildman–Crippen MR) is 57.6 cm³/mol. The van der Waals surface area contributed by atoms with Crippen molar-refractivity contribution < 1.29 is 4.79 Å². The number of hydrogen-bond donors (Lipinski definition) is 0. The zero-order valence-electron chi connectivity index (χ0n) is 8.31. The largest absolute Gasteiger partial charge is 0.299 e. The van der Waals surface area contributed by atoms with E-state index in [9.17, 15) is 4.79 Å². The fourth-order valence-electron chi connectivity index (χ4n) is 1.22. The Morgan fingerprint density at radius 1 is 1.53 bits per heavy atom. The highest BCUT2D eigenvalue weighted by atomic mass is 79.9. The van der Waals surface area contributed by atoms with Crippen LogP contribution in [0, 0.1) is 6.92 Å². The molecule has 2 rings (SSSR count). The summed E-state index contributed by atoms with van der Waals surface area (Å²) in [4.78, 5) is 11.9. The second-order valence-electron chi connectivity index (χ2n) is 3.13. The molecule has 0 aliphatic carbocycles. The molecule has 5 nitrogen and oxygen atoms in total.